The summed E-state index contributed by atoms with van der Waals surface area (Å²) in [4.78, 5) is 11.1. The maximum absolute atomic E-state index is 11.1. The zero-order valence-corrected chi connectivity index (χ0v) is 17.0. The van der Waals surface area contributed by atoms with Gasteiger partial charge in [-0.2, -0.15) is 0 Å². The first kappa shape index (κ1) is 20.7. The SMILES string of the molecule is NCc1cccc(-c2cc(COc3ccccc3CC(=O)O)cc3cc(CN)oc23)c1. The van der Waals surface area contributed by atoms with Crippen LogP contribution in [0, 0.1) is 0 Å². The van der Waals surface area contributed by atoms with Crippen molar-refractivity contribution in [2.45, 2.75) is 26.1 Å². The van der Waals surface area contributed by atoms with Gasteiger partial charge in [0.05, 0.1) is 13.0 Å². The molecule has 0 saturated heterocycles. The van der Waals surface area contributed by atoms with Crippen LogP contribution in [-0.4, -0.2) is 11.1 Å². The van der Waals surface area contributed by atoms with Crippen molar-refractivity contribution in [1.82, 2.24) is 0 Å². The molecule has 0 unspecified atom stereocenters. The van der Waals surface area contributed by atoms with Gasteiger partial charge in [-0.15, -0.1) is 0 Å². The first-order valence-electron chi connectivity index (χ1n) is 10.0. The van der Waals surface area contributed by atoms with E-state index >= 15 is 0 Å². The lowest BCUT2D eigenvalue weighted by Gasteiger charge is -2.12. The average molecular weight is 416 g/mol. The van der Waals surface area contributed by atoms with E-state index in [0.717, 1.165) is 33.2 Å². The summed E-state index contributed by atoms with van der Waals surface area (Å²) in [6.45, 7) is 1.05. The Kier molecular flexibility index (Phi) is 6.02. The molecule has 0 bridgehead atoms. The van der Waals surface area contributed by atoms with Gasteiger partial charge in [0.25, 0.3) is 0 Å². The zero-order chi connectivity index (χ0) is 21.8. The molecule has 0 aliphatic heterocycles. The molecule has 1 heterocycles. The van der Waals surface area contributed by atoms with E-state index in [1.54, 1.807) is 18.2 Å². The number of carboxylic acids is 1. The number of carboxylic acid groups (broad SMARTS) is 1. The van der Waals surface area contributed by atoms with Gasteiger partial charge in [0.15, 0.2) is 0 Å². The molecule has 0 fully saturated rings. The lowest BCUT2D eigenvalue weighted by molar-refractivity contribution is -0.136. The minimum Gasteiger partial charge on any atom is -0.489 e. The molecule has 0 amide bonds. The van der Waals surface area contributed by atoms with Crippen molar-refractivity contribution in [2.24, 2.45) is 11.5 Å². The van der Waals surface area contributed by atoms with Crippen molar-refractivity contribution in [3.63, 3.8) is 0 Å². The average Bonchev–Trinajstić information content (AvgIpc) is 3.21. The quantitative estimate of drug-likeness (QED) is 0.396. The van der Waals surface area contributed by atoms with Gasteiger partial charge in [0, 0.05) is 23.1 Å². The Morgan fingerprint density at radius 1 is 0.935 bits per heavy atom. The maximum atomic E-state index is 11.1. The molecule has 0 atom stereocenters. The topological polar surface area (TPSA) is 112 Å². The van der Waals surface area contributed by atoms with Crippen molar-refractivity contribution >= 4 is 16.9 Å². The number of nitrogens with two attached hydrogens (primary N) is 2. The fourth-order valence-electron chi connectivity index (χ4n) is 3.65. The number of furan rings is 1. The summed E-state index contributed by atoms with van der Waals surface area (Å²) in [7, 11) is 0. The van der Waals surface area contributed by atoms with E-state index in [0.29, 0.717) is 36.8 Å². The van der Waals surface area contributed by atoms with Gasteiger partial charge in [-0.05, 0) is 47.0 Å². The van der Waals surface area contributed by atoms with Gasteiger partial charge < -0.3 is 25.7 Å². The normalized spacial score (nSPS) is 11.0. The van der Waals surface area contributed by atoms with Gasteiger partial charge in [0.2, 0.25) is 0 Å². The molecule has 31 heavy (non-hydrogen) atoms. The first-order chi connectivity index (χ1) is 15.1. The number of fused-ring (bicyclic) bond motifs is 1. The lowest BCUT2D eigenvalue weighted by Crippen LogP contribution is -2.04. The number of aliphatic carboxylic acids is 1. The molecule has 0 saturated carbocycles. The molecule has 4 aromatic rings. The van der Waals surface area contributed by atoms with E-state index in [1.807, 2.05) is 48.5 Å². The number of carbonyl (C=O) groups is 1. The molecule has 3 aromatic carbocycles. The molecule has 6 heteroatoms. The lowest BCUT2D eigenvalue weighted by atomic mass is 9.99. The summed E-state index contributed by atoms with van der Waals surface area (Å²) in [6.07, 6.45) is -0.0894. The Hall–Kier alpha value is -3.61. The Morgan fingerprint density at radius 3 is 2.55 bits per heavy atom. The summed E-state index contributed by atoms with van der Waals surface area (Å²) in [5.74, 6) is 0.370. The highest BCUT2D eigenvalue weighted by Crippen LogP contribution is 2.33. The molecule has 6 nitrogen and oxygen atoms in total. The minimum atomic E-state index is -0.896. The second-order valence-corrected chi connectivity index (χ2v) is 7.35. The highest BCUT2D eigenvalue weighted by atomic mass is 16.5. The van der Waals surface area contributed by atoms with Crippen molar-refractivity contribution in [3.05, 3.63) is 89.2 Å². The van der Waals surface area contributed by atoms with Crippen LogP contribution in [0.25, 0.3) is 22.1 Å². The molecule has 0 aliphatic carbocycles. The molecule has 0 aliphatic rings. The van der Waals surface area contributed by atoms with Crippen LogP contribution < -0.4 is 16.2 Å². The van der Waals surface area contributed by atoms with E-state index in [-0.39, 0.29) is 6.42 Å². The zero-order valence-electron chi connectivity index (χ0n) is 17.0. The van der Waals surface area contributed by atoms with Crippen molar-refractivity contribution in [1.29, 1.82) is 0 Å². The number of benzene rings is 3. The molecule has 1 aromatic heterocycles. The van der Waals surface area contributed by atoms with Crippen molar-refractivity contribution in [2.75, 3.05) is 0 Å². The number of para-hydroxylation sites is 1. The standard InChI is InChI=1S/C25H24N2O4/c26-13-16-4-3-6-18(8-16)22-10-17(9-20-11-21(14-27)31-25(20)22)15-30-23-7-2-1-5-19(23)12-24(28)29/h1-11H,12-15,26-27H2,(H,28,29). The predicted molar refractivity (Wildman–Crippen MR) is 120 cm³/mol. The third kappa shape index (κ3) is 4.60. The second kappa shape index (κ2) is 9.04. The molecular weight excluding hydrogens is 392 g/mol. The highest BCUT2D eigenvalue weighted by molar-refractivity contribution is 5.93. The summed E-state index contributed by atoms with van der Waals surface area (Å²) in [5, 5.41) is 10.1. The molecule has 158 valence electrons. The third-order valence-electron chi connectivity index (χ3n) is 5.11. The van der Waals surface area contributed by atoms with Crippen LogP contribution in [0.1, 0.15) is 22.5 Å². The summed E-state index contributed by atoms with van der Waals surface area (Å²) in [6, 6.07) is 21.2. The fraction of sp³-hybridized carbons (Fsp3) is 0.160. The Morgan fingerprint density at radius 2 is 1.77 bits per heavy atom. The Balaban J connectivity index is 1.71. The Bertz CT molecular complexity index is 1230. The summed E-state index contributed by atoms with van der Waals surface area (Å²) < 4.78 is 12.0. The van der Waals surface area contributed by atoms with E-state index in [4.69, 9.17) is 25.7 Å². The van der Waals surface area contributed by atoms with E-state index in [9.17, 15) is 4.79 Å². The van der Waals surface area contributed by atoms with Crippen molar-refractivity contribution in [3.8, 4) is 16.9 Å². The highest BCUT2D eigenvalue weighted by Gasteiger charge is 2.14. The summed E-state index contributed by atoms with van der Waals surface area (Å²) >= 11 is 0. The number of rotatable bonds is 8. The molecular formula is C25H24N2O4. The Labute approximate surface area is 180 Å². The third-order valence-corrected chi connectivity index (χ3v) is 5.11. The minimum absolute atomic E-state index is 0.0894. The van der Waals surface area contributed by atoms with Gasteiger partial charge in [-0.1, -0.05) is 36.4 Å². The van der Waals surface area contributed by atoms with Gasteiger partial charge >= 0.3 is 5.97 Å². The molecule has 0 radical (unpaired) electrons. The molecule has 0 spiro atoms. The van der Waals surface area contributed by atoms with Gasteiger partial charge in [-0.25, -0.2) is 0 Å². The smallest absolute Gasteiger partial charge is 0.307 e. The van der Waals surface area contributed by atoms with E-state index < -0.39 is 5.97 Å². The van der Waals surface area contributed by atoms with Crippen LogP contribution in [0.2, 0.25) is 0 Å². The van der Waals surface area contributed by atoms with Crippen molar-refractivity contribution < 1.29 is 19.1 Å². The van der Waals surface area contributed by atoms with E-state index in [2.05, 4.69) is 0 Å². The van der Waals surface area contributed by atoms with Crippen LogP contribution in [0.3, 0.4) is 0 Å². The maximum Gasteiger partial charge on any atom is 0.307 e. The summed E-state index contributed by atoms with van der Waals surface area (Å²) in [5.41, 5.74) is 16.9. The first-order valence-corrected chi connectivity index (χ1v) is 10.0. The van der Waals surface area contributed by atoms with Crippen LogP contribution in [-0.2, 0) is 30.9 Å². The number of hydrogen-bond acceptors (Lipinski definition) is 5. The second-order valence-electron chi connectivity index (χ2n) is 7.35. The van der Waals surface area contributed by atoms with Crippen LogP contribution in [0.5, 0.6) is 5.75 Å². The van der Waals surface area contributed by atoms with E-state index in [1.165, 1.54) is 0 Å². The van der Waals surface area contributed by atoms with Crippen LogP contribution in [0.15, 0.2) is 71.1 Å². The van der Waals surface area contributed by atoms with Crippen LogP contribution >= 0.6 is 0 Å². The predicted octanol–water partition coefficient (Wildman–Crippen LogP) is 4.22. The largest absolute Gasteiger partial charge is 0.489 e. The molecule has 5 N–H and O–H groups in total. The number of hydrogen-bond donors (Lipinski definition) is 3. The van der Waals surface area contributed by atoms with Gasteiger partial charge in [-0.3, -0.25) is 4.79 Å². The fourth-order valence-corrected chi connectivity index (χ4v) is 3.65. The van der Waals surface area contributed by atoms with Crippen LogP contribution in [0.4, 0.5) is 0 Å². The monoisotopic (exact) mass is 416 g/mol. The van der Waals surface area contributed by atoms with Gasteiger partial charge in [0.1, 0.15) is 23.7 Å². The molecule has 4 rings (SSSR count). The number of ether oxygens (including phenoxy) is 1.